The van der Waals surface area contributed by atoms with E-state index in [1.54, 1.807) is 13.2 Å². The maximum Gasteiger partial charge on any atom is 0.363 e. The smallest absolute Gasteiger partial charge is 0.363 e. The fourth-order valence-electron chi connectivity index (χ4n) is 2.42. The minimum Gasteiger partial charge on any atom is -0.493 e. The average Bonchev–Trinajstić information content (AvgIpc) is 3.01. The third-order valence-corrected chi connectivity index (χ3v) is 3.70. The van der Waals surface area contributed by atoms with Gasteiger partial charge in [-0.15, -0.1) is 0 Å². The van der Waals surface area contributed by atoms with Gasteiger partial charge in [-0.2, -0.15) is 0 Å². The molecule has 0 radical (unpaired) electrons. The van der Waals surface area contributed by atoms with Gasteiger partial charge in [0.05, 0.1) is 13.7 Å². The molecule has 5 nitrogen and oxygen atoms in total. The molecule has 0 amide bonds. The van der Waals surface area contributed by atoms with Gasteiger partial charge in [-0.3, -0.25) is 0 Å². The van der Waals surface area contributed by atoms with E-state index in [-0.39, 0.29) is 5.70 Å². The monoisotopic (exact) mass is 351 g/mol. The van der Waals surface area contributed by atoms with Crippen LogP contribution in [0.2, 0.25) is 0 Å². The lowest BCUT2D eigenvalue weighted by Crippen LogP contribution is -2.06. The maximum atomic E-state index is 12.1. The fourth-order valence-corrected chi connectivity index (χ4v) is 2.42. The van der Waals surface area contributed by atoms with Crippen LogP contribution in [-0.2, 0) is 9.53 Å². The Labute approximate surface area is 152 Å². The standard InChI is InChI=1S/C21H21NO4/c1-14(2)13-25-19-12-15(9-10-18(19)24-3)11-17-21(23)26-20(22-17)16-7-5-4-6-8-16/h4-12,14H,13H2,1-3H3. The molecule has 134 valence electrons. The Morgan fingerprint density at radius 2 is 1.88 bits per heavy atom. The predicted octanol–water partition coefficient (Wildman–Crippen LogP) is 4.07. The molecule has 1 aliphatic rings. The van der Waals surface area contributed by atoms with Gasteiger partial charge < -0.3 is 14.2 Å². The Bertz CT molecular complexity index is 854. The van der Waals surface area contributed by atoms with Crippen molar-refractivity contribution in [1.82, 2.24) is 0 Å². The van der Waals surface area contributed by atoms with Gasteiger partial charge in [-0.05, 0) is 41.8 Å². The van der Waals surface area contributed by atoms with Gasteiger partial charge >= 0.3 is 5.97 Å². The molecule has 0 aliphatic carbocycles. The number of carbonyl (C=O) groups is 1. The van der Waals surface area contributed by atoms with Crippen molar-refractivity contribution >= 4 is 17.9 Å². The van der Waals surface area contributed by atoms with Crippen LogP contribution in [0.5, 0.6) is 11.5 Å². The Hall–Kier alpha value is -3.08. The molecular weight excluding hydrogens is 330 g/mol. The highest BCUT2D eigenvalue weighted by molar-refractivity contribution is 6.12. The van der Waals surface area contributed by atoms with Crippen molar-refractivity contribution in [1.29, 1.82) is 0 Å². The van der Waals surface area contributed by atoms with Gasteiger partial charge in [0.15, 0.2) is 17.2 Å². The van der Waals surface area contributed by atoms with Crippen molar-refractivity contribution < 1.29 is 19.0 Å². The zero-order valence-corrected chi connectivity index (χ0v) is 15.1. The van der Waals surface area contributed by atoms with E-state index in [4.69, 9.17) is 14.2 Å². The van der Waals surface area contributed by atoms with Gasteiger partial charge in [0.25, 0.3) is 0 Å². The average molecular weight is 351 g/mol. The minimum atomic E-state index is -0.468. The second-order valence-corrected chi connectivity index (χ2v) is 6.32. The summed E-state index contributed by atoms with van der Waals surface area (Å²) in [5.74, 6) is 1.52. The predicted molar refractivity (Wildman–Crippen MR) is 100 cm³/mol. The van der Waals surface area contributed by atoms with E-state index in [0.717, 1.165) is 11.1 Å². The zero-order chi connectivity index (χ0) is 18.5. The summed E-state index contributed by atoms with van der Waals surface area (Å²) in [5.41, 5.74) is 1.80. The molecule has 26 heavy (non-hydrogen) atoms. The van der Waals surface area contributed by atoms with Crippen LogP contribution < -0.4 is 9.47 Å². The van der Waals surface area contributed by atoms with Gasteiger partial charge in [-0.1, -0.05) is 38.1 Å². The second-order valence-electron chi connectivity index (χ2n) is 6.32. The van der Waals surface area contributed by atoms with Gasteiger partial charge in [0, 0.05) is 5.56 Å². The van der Waals surface area contributed by atoms with Crippen molar-refractivity contribution in [2.24, 2.45) is 10.9 Å². The van der Waals surface area contributed by atoms with Crippen LogP contribution in [0.1, 0.15) is 25.0 Å². The van der Waals surface area contributed by atoms with E-state index in [0.29, 0.717) is 29.9 Å². The number of methoxy groups -OCH3 is 1. The highest BCUT2D eigenvalue weighted by Gasteiger charge is 2.24. The first kappa shape index (κ1) is 17.7. The number of benzene rings is 2. The molecule has 0 aromatic heterocycles. The molecule has 1 aliphatic heterocycles. The number of nitrogens with zero attached hydrogens (tertiary/aromatic N) is 1. The van der Waals surface area contributed by atoms with Crippen molar-refractivity contribution in [2.75, 3.05) is 13.7 Å². The summed E-state index contributed by atoms with van der Waals surface area (Å²) in [6.07, 6.45) is 1.68. The molecule has 2 aromatic rings. The molecule has 1 heterocycles. The van der Waals surface area contributed by atoms with E-state index >= 15 is 0 Å². The zero-order valence-electron chi connectivity index (χ0n) is 15.1. The van der Waals surface area contributed by atoms with E-state index in [1.807, 2.05) is 48.5 Å². The number of hydrogen-bond donors (Lipinski definition) is 0. The number of cyclic esters (lactones) is 1. The lowest BCUT2D eigenvalue weighted by atomic mass is 10.1. The maximum absolute atomic E-state index is 12.1. The van der Waals surface area contributed by atoms with Crippen LogP contribution in [0.15, 0.2) is 59.2 Å². The summed E-state index contributed by atoms with van der Waals surface area (Å²) in [4.78, 5) is 16.4. The normalized spacial score (nSPS) is 15.2. The summed E-state index contributed by atoms with van der Waals surface area (Å²) in [6.45, 7) is 4.73. The molecule has 0 unspecified atom stereocenters. The SMILES string of the molecule is COc1ccc(C=C2N=C(c3ccccc3)OC2=O)cc1OCC(C)C. The highest BCUT2D eigenvalue weighted by Crippen LogP contribution is 2.30. The minimum absolute atomic E-state index is 0.254. The van der Waals surface area contributed by atoms with E-state index in [2.05, 4.69) is 18.8 Å². The second kappa shape index (κ2) is 7.87. The number of ether oxygens (including phenoxy) is 3. The van der Waals surface area contributed by atoms with Crippen molar-refractivity contribution in [2.45, 2.75) is 13.8 Å². The third-order valence-electron chi connectivity index (χ3n) is 3.70. The summed E-state index contributed by atoms with van der Waals surface area (Å²) < 4.78 is 16.4. The van der Waals surface area contributed by atoms with Gasteiger partial charge in [-0.25, -0.2) is 9.79 Å². The lowest BCUT2D eigenvalue weighted by Gasteiger charge is -2.13. The summed E-state index contributed by atoms with van der Waals surface area (Å²) in [5, 5.41) is 0. The highest BCUT2D eigenvalue weighted by atomic mass is 16.6. The largest absolute Gasteiger partial charge is 0.493 e. The van der Waals surface area contributed by atoms with E-state index in [1.165, 1.54) is 0 Å². The van der Waals surface area contributed by atoms with Crippen LogP contribution >= 0.6 is 0 Å². The van der Waals surface area contributed by atoms with Crippen LogP contribution in [0, 0.1) is 5.92 Å². The Kier molecular flexibility index (Phi) is 5.37. The van der Waals surface area contributed by atoms with Gasteiger partial charge in [0.2, 0.25) is 5.90 Å². The molecule has 5 heteroatoms. The topological polar surface area (TPSA) is 57.1 Å². The van der Waals surface area contributed by atoms with Crippen molar-refractivity contribution in [3.63, 3.8) is 0 Å². The van der Waals surface area contributed by atoms with Crippen LogP contribution in [0.4, 0.5) is 0 Å². The van der Waals surface area contributed by atoms with E-state index < -0.39 is 5.97 Å². The first-order valence-electron chi connectivity index (χ1n) is 8.45. The van der Waals surface area contributed by atoms with Crippen LogP contribution in [0.3, 0.4) is 0 Å². The van der Waals surface area contributed by atoms with Gasteiger partial charge in [0.1, 0.15) is 0 Å². The number of esters is 1. The number of rotatable bonds is 6. The molecular formula is C21H21NO4. The Morgan fingerprint density at radius 1 is 1.12 bits per heavy atom. The first-order chi connectivity index (χ1) is 12.6. The molecule has 0 atom stereocenters. The number of aliphatic imine (C=N–C) groups is 1. The fraction of sp³-hybridized carbons (Fsp3) is 0.238. The molecule has 3 rings (SSSR count). The molecule has 0 fully saturated rings. The first-order valence-corrected chi connectivity index (χ1v) is 8.45. The summed E-state index contributed by atoms with van der Waals surface area (Å²) in [6, 6.07) is 14.8. The molecule has 0 bridgehead atoms. The summed E-state index contributed by atoms with van der Waals surface area (Å²) >= 11 is 0. The molecule has 0 spiro atoms. The quantitative estimate of drug-likeness (QED) is 0.581. The van der Waals surface area contributed by atoms with Crippen LogP contribution in [-0.4, -0.2) is 25.6 Å². The van der Waals surface area contributed by atoms with E-state index in [9.17, 15) is 4.79 Å². The number of carbonyl (C=O) groups excluding carboxylic acids is 1. The Morgan fingerprint density at radius 3 is 2.58 bits per heavy atom. The number of hydrogen-bond acceptors (Lipinski definition) is 5. The molecule has 2 aromatic carbocycles. The molecule has 0 saturated heterocycles. The molecule has 0 saturated carbocycles. The van der Waals surface area contributed by atoms with Crippen molar-refractivity contribution in [3.05, 3.63) is 65.4 Å². The Balaban J connectivity index is 1.88. The third kappa shape index (κ3) is 4.11. The molecule has 0 N–H and O–H groups in total. The van der Waals surface area contributed by atoms with Crippen molar-refractivity contribution in [3.8, 4) is 11.5 Å². The lowest BCUT2D eigenvalue weighted by molar-refractivity contribution is -0.129. The van der Waals surface area contributed by atoms with Crippen LogP contribution in [0.25, 0.3) is 6.08 Å². The summed E-state index contributed by atoms with van der Waals surface area (Å²) in [7, 11) is 1.60.